The molecule has 2 rings (SSSR count). The summed E-state index contributed by atoms with van der Waals surface area (Å²) in [5.74, 6) is -3.12. The van der Waals surface area contributed by atoms with Crippen molar-refractivity contribution in [2.75, 3.05) is 6.54 Å². The molecule has 5 atom stereocenters. The fourth-order valence-corrected chi connectivity index (χ4v) is 3.05. The van der Waals surface area contributed by atoms with E-state index in [0.717, 1.165) is 6.42 Å². The standard InChI is InChI=1S/C18H28N6O6/c1-9(15(26)23-13(18(29)30)6-11-7-19-8-21-11)22-17(28)14(10(2)25)24-16(27)12-4-3-5-20-12/h7-10,12-14,20,25H,3-6H2,1-2H3,(H,19,21)(H,22,28)(H,23,26)(H,24,27)(H,29,30). The van der Waals surface area contributed by atoms with Crippen LogP contribution in [0.1, 0.15) is 32.4 Å². The van der Waals surface area contributed by atoms with E-state index >= 15 is 0 Å². The van der Waals surface area contributed by atoms with Crippen molar-refractivity contribution in [3.05, 3.63) is 18.2 Å². The lowest BCUT2D eigenvalue weighted by Crippen LogP contribution is -2.59. The average Bonchev–Trinajstić information content (AvgIpc) is 3.38. The summed E-state index contributed by atoms with van der Waals surface area (Å²) in [4.78, 5) is 55.1. The van der Waals surface area contributed by atoms with E-state index in [0.29, 0.717) is 18.7 Å². The van der Waals surface area contributed by atoms with Crippen molar-refractivity contribution in [2.45, 2.75) is 63.4 Å². The van der Waals surface area contributed by atoms with E-state index in [4.69, 9.17) is 0 Å². The van der Waals surface area contributed by atoms with E-state index in [-0.39, 0.29) is 6.42 Å². The second kappa shape index (κ2) is 10.7. The minimum absolute atomic E-state index is 0.0114. The predicted octanol–water partition coefficient (Wildman–Crippen LogP) is -2.36. The fraction of sp³-hybridized carbons (Fsp3) is 0.611. The Labute approximate surface area is 173 Å². The van der Waals surface area contributed by atoms with Gasteiger partial charge in [0.05, 0.1) is 18.5 Å². The Balaban J connectivity index is 1.92. The summed E-state index contributed by atoms with van der Waals surface area (Å²) in [6.07, 6.45) is 3.10. The van der Waals surface area contributed by atoms with Crippen molar-refractivity contribution in [2.24, 2.45) is 0 Å². The number of carboxylic acids is 1. The van der Waals surface area contributed by atoms with Crippen LogP contribution in [0.5, 0.6) is 0 Å². The second-order valence-electron chi connectivity index (χ2n) is 7.29. The predicted molar refractivity (Wildman–Crippen MR) is 104 cm³/mol. The van der Waals surface area contributed by atoms with Crippen LogP contribution in [0, 0.1) is 0 Å². The molecule has 0 saturated carbocycles. The summed E-state index contributed by atoms with van der Waals surface area (Å²) in [6, 6.07) is -4.00. The number of imidazole rings is 1. The van der Waals surface area contributed by atoms with Gasteiger partial charge in [-0.25, -0.2) is 9.78 Å². The Morgan fingerprint density at radius 3 is 2.47 bits per heavy atom. The van der Waals surface area contributed by atoms with E-state index in [1.165, 1.54) is 26.4 Å². The maximum atomic E-state index is 12.5. The Morgan fingerprint density at radius 1 is 1.20 bits per heavy atom. The number of carbonyl (C=O) groups excluding carboxylic acids is 3. The van der Waals surface area contributed by atoms with Gasteiger partial charge in [0.25, 0.3) is 0 Å². The van der Waals surface area contributed by atoms with Gasteiger partial charge in [-0.05, 0) is 33.2 Å². The molecule has 7 N–H and O–H groups in total. The quantitative estimate of drug-likeness (QED) is 0.217. The van der Waals surface area contributed by atoms with Gasteiger partial charge in [0.1, 0.15) is 18.1 Å². The summed E-state index contributed by atoms with van der Waals surface area (Å²) in [5.41, 5.74) is 0.525. The van der Waals surface area contributed by atoms with E-state index < -0.39 is 54.0 Å². The molecule has 12 nitrogen and oxygen atoms in total. The molecule has 5 unspecified atom stereocenters. The lowest BCUT2D eigenvalue weighted by molar-refractivity contribution is -0.142. The van der Waals surface area contributed by atoms with Crippen LogP contribution in [0.25, 0.3) is 0 Å². The molecule has 0 aliphatic carbocycles. The van der Waals surface area contributed by atoms with Crippen LogP contribution in [0.3, 0.4) is 0 Å². The monoisotopic (exact) mass is 424 g/mol. The molecule has 1 fully saturated rings. The molecule has 1 saturated heterocycles. The molecule has 12 heteroatoms. The van der Waals surface area contributed by atoms with Crippen LogP contribution in [0.2, 0.25) is 0 Å². The first-order valence-corrected chi connectivity index (χ1v) is 9.71. The van der Waals surface area contributed by atoms with Crippen molar-refractivity contribution in [1.82, 2.24) is 31.2 Å². The van der Waals surface area contributed by atoms with Gasteiger partial charge in [-0.3, -0.25) is 14.4 Å². The zero-order valence-electron chi connectivity index (χ0n) is 16.8. The van der Waals surface area contributed by atoms with Gasteiger partial charge in [0.15, 0.2) is 0 Å². The number of rotatable bonds is 10. The number of aliphatic hydroxyl groups excluding tert-OH is 1. The molecule has 2 heterocycles. The van der Waals surface area contributed by atoms with Crippen molar-refractivity contribution in [3.63, 3.8) is 0 Å². The van der Waals surface area contributed by atoms with Gasteiger partial charge >= 0.3 is 5.97 Å². The third-order valence-corrected chi connectivity index (χ3v) is 4.78. The van der Waals surface area contributed by atoms with Gasteiger partial charge in [-0.2, -0.15) is 0 Å². The van der Waals surface area contributed by atoms with E-state index in [1.807, 2.05) is 0 Å². The van der Waals surface area contributed by atoms with E-state index in [2.05, 4.69) is 31.2 Å². The number of aliphatic hydroxyl groups is 1. The van der Waals surface area contributed by atoms with Crippen LogP contribution in [0.15, 0.2) is 12.5 Å². The van der Waals surface area contributed by atoms with Gasteiger partial charge in [-0.1, -0.05) is 0 Å². The number of aliphatic carboxylic acids is 1. The highest BCUT2D eigenvalue weighted by Crippen LogP contribution is 2.06. The van der Waals surface area contributed by atoms with Crippen LogP contribution >= 0.6 is 0 Å². The molecule has 0 spiro atoms. The SMILES string of the molecule is CC(NC(=O)C(NC(=O)C1CCCN1)C(C)O)C(=O)NC(Cc1cnc[nH]1)C(=O)O. The average molecular weight is 424 g/mol. The molecule has 1 aliphatic rings. The Bertz CT molecular complexity index is 746. The normalized spacial score (nSPS) is 19.9. The number of hydrogen-bond donors (Lipinski definition) is 7. The molecular weight excluding hydrogens is 396 g/mol. The highest BCUT2D eigenvalue weighted by Gasteiger charge is 2.32. The Hall–Kier alpha value is -2.99. The number of nitrogens with zero attached hydrogens (tertiary/aromatic N) is 1. The molecule has 1 aromatic rings. The topological polar surface area (TPSA) is 186 Å². The van der Waals surface area contributed by atoms with E-state index in [1.54, 1.807) is 0 Å². The largest absolute Gasteiger partial charge is 0.480 e. The number of nitrogens with one attached hydrogen (secondary N) is 5. The zero-order valence-corrected chi connectivity index (χ0v) is 16.8. The molecule has 0 bridgehead atoms. The lowest BCUT2D eigenvalue weighted by Gasteiger charge is -2.25. The number of amides is 3. The summed E-state index contributed by atoms with van der Waals surface area (Å²) in [7, 11) is 0. The molecule has 166 valence electrons. The number of hydrogen-bond acceptors (Lipinski definition) is 7. The summed E-state index contributed by atoms with van der Waals surface area (Å²) < 4.78 is 0. The third-order valence-electron chi connectivity index (χ3n) is 4.78. The van der Waals surface area contributed by atoms with Crippen LogP contribution in [-0.4, -0.2) is 80.7 Å². The fourth-order valence-electron chi connectivity index (χ4n) is 3.05. The van der Waals surface area contributed by atoms with E-state index in [9.17, 15) is 29.4 Å². The summed E-state index contributed by atoms with van der Waals surface area (Å²) >= 11 is 0. The molecule has 1 aliphatic heterocycles. The molecule has 30 heavy (non-hydrogen) atoms. The van der Waals surface area contributed by atoms with Gasteiger partial charge < -0.3 is 36.5 Å². The summed E-state index contributed by atoms with van der Waals surface area (Å²) in [5, 5.41) is 29.5. The summed E-state index contributed by atoms with van der Waals surface area (Å²) in [6.45, 7) is 3.42. The van der Waals surface area contributed by atoms with Gasteiger partial charge in [0.2, 0.25) is 17.7 Å². The smallest absolute Gasteiger partial charge is 0.326 e. The maximum Gasteiger partial charge on any atom is 0.326 e. The molecule has 0 radical (unpaired) electrons. The molecular formula is C18H28N6O6. The number of H-pyrrole nitrogens is 1. The Morgan fingerprint density at radius 2 is 1.93 bits per heavy atom. The third kappa shape index (κ3) is 6.52. The van der Waals surface area contributed by atoms with Crippen molar-refractivity contribution in [3.8, 4) is 0 Å². The number of carbonyl (C=O) groups is 4. The first-order chi connectivity index (χ1) is 14.2. The molecule has 1 aromatic heterocycles. The minimum atomic E-state index is -1.25. The number of aromatic nitrogens is 2. The number of aromatic amines is 1. The lowest BCUT2D eigenvalue weighted by atomic mass is 10.1. The number of carboxylic acid groups (broad SMARTS) is 1. The van der Waals surface area contributed by atoms with Crippen molar-refractivity contribution in [1.29, 1.82) is 0 Å². The molecule has 3 amide bonds. The molecule has 0 aromatic carbocycles. The highest BCUT2D eigenvalue weighted by atomic mass is 16.4. The van der Waals surface area contributed by atoms with Gasteiger partial charge in [0, 0.05) is 18.3 Å². The Kier molecular flexibility index (Phi) is 8.30. The van der Waals surface area contributed by atoms with Gasteiger partial charge in [-0.15, -0.1) is 0 Å². The maximum absolute atomic E-state index is 12.5. The van der Waals surface area contributed by atoms with Crippen LogP contribution in [-0.2, 0) is 25.6 Å². The first kappa shape index (κ1) is 23.3. The second-order valence-corrected chi connectivity index (χ2v) is 7.29. The first-order valence-electron chi connectivity index (χ1n) is 9.71. The van der Waals surface area contributed by atoms with Crippen LogP contribution < -0.4 is 21.3 Å². The van der Waals surface area contributed by atoms with Crippen LogP contribution in [0.4, 0.5) is 0 Å². The minimum Gasteiger partial charge on any atom is -0.480 e. The van der Waals surface area contributed by atoms with Crippen molar-refractivity contribution >= 4 is 23.7 Å². The highest BCUT2D eigenvalue weighted by molar-refractivity contribution is 5.94. The van der Waals surface area contributed by atoms with Crippen molar-refractivity contribution < 1.29 is 29.4 Å². The zero-order chi connectivity index (χ0) is 22.3.